The summed E-state index contributed by atoms with van der Waals surface area (Å²) >= 11 is 1.22. The first kappa shape index (κ1) is 20.8. The van der Waals surface area contributed by atoms with Gasteiger partial charge in [-0.3, -0.25) is 18.7 Å². The maximum atomic E-state index is 13.0. The van der Waals surface area contributed by atoms with Gasteiger partial charge in [0.2, 0.25) is 5.91 Å². The normalized spacial score (nSPS) is 11.2. The van der Waals surface area contributed by atoms with Crippen molar-refractivity contribution >= 4 is 34.4 Å². The van der Waals surface area contributed by atoms with Crippen molar-refractivity contribution < 1.29 is 9.18 Å². The average Bonchev–Trinajstić information content (AvgIpc) is 2.69. The number of amides is 1. The van der Waals surface area contributed by atoms with Crippen LogP contribution in [0.2, 0.25) is 0 Å². The Hall–Kier alpha value is -2.94. The molecule has 1 amide bonds. The number of carbonyl (C=O) groups excluding carboxylic acids is 1. The molecular weight excluding hydrogens is 395 g/mol. The molecule has 3 rings (SSSR count). The molecule has 0 fully saturated rings. The Bertz CT molecular complexity index is 1200. The van der Waals surface area contributed by atoms with Crippen LogP contribution in [0.3, 0.4) is 0 Å². The molecule has 0 atom stereocenters. The first-order valence-electron chi connectivity index (χ1n) is 8.97. The standard InChI is InChI=1S/C20H21FN4O3S/c1-11(2)14-9-22-18-16(19(27)25(4)20(28)24(18)3)17(14)29-10-15(26)23-13-7-5-12(21)6-8-13/h5-9,11H,10H2,1-4H3,(H,23,26). The van der Waals surface area contributed by atoms with E-state index in [1.807, 2.05) is 13.8 Å². The molecule has 1 aromatic carbocycles. The van der Waals surface area contributed by atoms with Gasteiger partial charge in [0.15, 0.2) is 0 Å². The van der Waals surface area contributed by atoms with E-state index >= 15 is 0 Å². The van der Waals surface area contributed by atoms with Gasteiger partial charge in [0.1, 0.15) is 11.5 Å². The van der Waals surface area contributed by atoms with E-state index in [0.717, 1.165) is 10.1 Å². The fourth-order valence-electron chi connectivity index (χ4n) is 2.95. The van der Waals surface area contributed by atoms with E-state index < -0.39 is 11.2 Å². The van der Waals surface area contributed by atoms with Crippen LogP contribution in [-0.2, 0) is 18.9 Å². The Morgan fingerprint density at radius 2 is 1.83 bits per heavy atom. The van der Waals surface area contributed by atoms with Crippen LogP contribution in [0, 0.1) is 5.82 Å². The molecule has 152 valence electrons. The SMILES string of the molecule is CC(C)c1cnc2c(c1SCC(=O)Nc1ccc(F)cc1)c(=O)n(C)c(=O)n2C. The summed E-state index contributed by atoms with van der Waals surface area (Å²) in [7, 11) is 2.98. The number of aryl methyl sites for hydroxylation is 1. The Morgan fingerprint density at radius 3 is 2.45 bits per heavy atom. The van der Waals surface area contributed by atoms with Crippen molar-refractivity contribution in [2.75, 3.05) is 11.1 Å². The quantitative estimate of drug-likeness (QED) is 0.646. The van der Waals surface area contributed by atoms with Crippen molar-refractivity contribution in [3.8, 4) is 0 Å². The summed E-state index contributed by atoms with van der Waals surface area (Å²) < 4.78 is 15.4. The summed E-state index contributed by atoms with van der Waals surface area (Å²) in [5.74, 6) is -0.564. The lowest BCUT2D eigenvalue weighted by Gasteiger charge is -2.16. The lowest BCUT2D eigenvalue weighted by molar-refractivity contribution is -0.113. The van der Waals surface area contributed by atoms with E-state index in [-0.39, 0.29) is 29.0 Å². The number of nitrogens with zero attached hydrogens (tertiary/aromatic N) is 3. The first-order valence-corrected chi connectivity index (χ1v) is 9.96. The summed E-state index contributed by atoms with van der Waals surface area (Å²) in [4.78, 5) is 42.4. The third kappa shape index (κ3) is 4.09. The predicted octanol–water partition coefficient (Wildman–Crippen LogP) is 2.63. The highest BCUT2D eigenvalue weighted by Gasteiger charge is 2.20. The smallest absolute Gasteiger partial charge is 0.325 e. The number of pyridine rings is 1. The largest absolute Gasteiger partial charge is 0.332 e. The highest BCUT2D eigenvalue weighted by Crippen LogP contribution is 2.32. The molecule has 7 nitrogen and oxygen atoms in total. The molecule has 2 heterocycles. The monoisotopic (exact) mass is 416 g/mol. The Labute approximate surface area is 170 Å². The molecular formula is C20H21FN4O3S. The number of hydrogen-bond acceptors (Lipinski definition) is 5. The number of halogens is 1. The minimum Gasteiger partial charge on any atom is -0.325 e. The van der Waals surface area contributed by atoms with Gasteiger partial charge in [0.25, 0.3) is 5.56 Å². The number of rotatable bonds is 5. The molecule has 0 unspecified atom stereocenters. The van der Waals surface area contributed by atoms with Crippen LogP contribution < -0.4 is 16.6 Å². The molecule has 0 saturated carbocycles. The minimum absolute atomic E-state index is 0.0439. The van der Waals surface area contributed by atoms with Gasteiger partial charge in [-0.1, -0.05) is 13.8 Å². The molecule has 0 aliphatic carbocycles. The maximum absolute atomic E-state index is 13.0. The zero-order chi connectivity index (χ0) is 21.3. The molecule has 0 aliphatic heterocycles. The fourth-order valence-corrected chi connectivity index (χ4v) is 4.08. The highest BCUT2D eigenvalue weighted by atomic mass is 32.2. The third-order valence-electron chi connectivity index (χ3n) is 4.55. The number of hydrogen-bond donors (Lipinski definition) is 1. The Morgan fingerprint density at radius 1 is 1.17 bits per heavy atom. The zero-order valence-corrected chi connectivity index (χ0v) is 17.3. The van der Waals surface area contributed by atoms with Crippen molar-refractivity contribution in [1.82, 2.24) is 14.1 Å². The first-order chi connectivity index (χ1) is 13.7. The number of benzene rings is 1. The summed E-state index contributed by atoms with van der Waals surface area (Å²) in [5.41, 5.74) is 0.688. The van der Waals surface area contributed by atoms with E-state index in [1.165, 1.54) is 47.6 Å². The lowest BCUT2D eigenvalue weighted by Crippen LogP contribution is -2.37. The molecule has 29 heavy (non-hydrogen) atoms. The molecule has 0 saturated heterocycles. The van der Waals surface area contributed by atoms with Crippen LogP contribution in [0.4, 0.5) is 10.1 Å². The molecule has 3 aromatic rings. The number of carbonyl (C=O) groups is 1. The van der Waals surface area contributed by atoms with Gasteiger partial charge < -0.3 is 5.32 Å². The van der Waals surface area contributed by atoms with Crippen LogP contribution in [0.1, 0.15) is 25.3 Å². The topological polar surface area (TPSA) is 86.0 Å². The van der Waals surface area contributed by atoms with Gasteiger partial charge >= 0.3 is 5.69 Å². The van der Waals surface area contributed by atoms with Crippen molar-refractivity contribution in [3.63, 3.8) is 0 Å². The van der Waals surface area contributed by atoms with Gasteiger partial charge in [-0.15, -0.1) is 11.8 Å². The van der Waals surface area contributed by atoms with E-state index in [2.05, 4.69) is 10.3 Å². The van der Waals surface area contributed by atoms with Crippen LogP contribution in [0.15, 0.2) is 44.9 Å². The molecule has 9 heteroatoms. The molecule has 1 N–H and O–H groups in total. The van der Waals surface area contributed by atoms with Gasteiger partial charge in [0.05, 0.1) is 11.1 Å². The second-order valence-corrected chi connectivity index (χ2v) is 7.93. The Balaban J connectivity index is 1.99. The van der Waals surface area contributed by atoms with Crippen molar-refractivity contribution in [3.05, 3.63) is 62.7 Å². The second kappa shape index (κ2) is 8.20. The molecule has 0 bridgehead atoms. The summed E-state index contributed by atoms with van der Waals surface area (Å²) in [5, 5.41) is 3.02. The van der Waals surface area contributed by atoms with E-state index in [1.54, 1.807) is 13.2 Å². The third-order valence-corrected chi connectivity index (χ3v) is 5.68. The van der Waals surface area contributed by atoms with Crippen LogP contribution in [0.5, 0.6) is 0 Å². The number of anilines is 1. The zero-order valence-electron chi connectivity index (χ0n) is 16.5. The van der Waals surface area contributed by atoms with Gasteiger partial charge in [0, 0.05) is 30.9 Å². The van der Waals surface area contributed by atoms with Crippen molar-refractivity contribution in [2.24, 2.45) is 14.1 Å². The summed E-state index contributed by atoms with van der Waals surface area (Å²) in [6, 6.07) is 5.48. The lowest BCUT2D eigenvalue weighted by atomic mass is 10.0. The van der Waals surface area contributed by atoms with Crippen LogP contribution in [-0.4, -0.2) is 25.8 Å². The number of aromatic nitrogens is 3. The molecule has 0 radical (unpaired) electrons. The highest BCUT2D eigenvalue weighted by molar-refractivity contribution is 8.00. The van der Waals surface area contributed by atoms with E-state index in [4.69, 9.17) is 0 Å². The fraction of sp³-hybridized carbons (Fsp3) is 0.300. The van der Waals surface area contributed by atoms with Crippen LogP contribution >= 0.6 is 11.8 Å². The maximum Gasteiger partial charge on any atom is 0.332 e. The number of thioether (sulfide) groups is 1. The van der Waals surface area contributed by atoms with Gasteiger partial charge in [-0.05, 0) is 35.7 Å². The van der Waals surface area contributed by atoms with Crippen molar-refractivity contribution in [2.45, 2.75) is 24.7 Å². The van der Waals surface area contributed by atoms with Gasteiger partial charge in [-0.2, -0.15) is 0 Å². The van der Waals surface area contributed by atoms with Crippen molar-refractivity contribution in [1.29, 1.82) is 0 Å². The summed E-state index contributed by atoms with van der Waals surface area (Å²) in [6.07, 6.45) is 1.64. The summed E-state index contributed by atoms with van der Waals surface area (Å²) in [6.45, 7) is 3.94. The predicted molar refractivity (Wildman–Crippen MR) is 112 cm³/mol. The Kier molecular flexibility index (Phi) is 5.88. The van der Waals surface area contributed by atoms with Gasteiger partial charge in [-0.25, -0.2) is 14.2 Å². The molecule has 0 spiro atoms. The van der Waals surface area contributed by atoms with Crippen LogP contribution in [0.25, 0.3) is 11.0 Å². The minimum atomic E-state index is -0.461. The number of fused-ring (bicyclic) bond motifs is 1. The molecule has 0 aliphatic rings. The molecule has 2 aromatic heterocycles. The van der Waals surface area contributed by atoms with E-state index in [9.17, 15) is 18.8 Å². The second-order valence-electron chi connectivity index (χ2n) is 6.95. The number of nitrogens with one attached hydrogen (secondary N) is 1. The average molecular weight is 416 g/mol. The van der Waals surface area contributed by atoms with E-state index in [0.29, 0.717) is 16.0 Å².